The fourth-order valence-electron chi connectivity index (χ4n) is 2.92. The smallest absolute Gasteiger partial charge is 0.239 e. The number of benzene rings is 3. The molecule has 0 saturated heterocycles. The molecule has 3 nitrogen and oxygen atoms in total. The van der Waals surface area contributed by atoms with Gasteiger partial charge >= 0.3 is 0 Å². The average molecular weight is 455 g/mol. The largest absolute Gasteiger partial charge is 0.283 e. The number of halogens is 1. The van der Waals surface area contributed by atoms with Crippen LogP contribution < -0.4 is 4.90 Å². The van der Waals surface area contributed by atoms with Crippen LogP contribution in [0, 0.1) is 5.82 Å². The maximum Gasteiger partial charge on any atom is 0.239 e. The molecule has 4 aromatic rings. The predicted molar refractivity (Wildman–Crippen MR) is 126 cm³/mol. The average Bonchev–Trinajstić information content (AvgIpc) is 3.20. The molecule has 0 radical (unpaired) electrons. The van der Waals surface area contributed by atoms with Gasteiger partial charge in [-0.15, -0.1) is 23.5 Å². The monoisotopic (exact) mass is 454 g/mol. The van der Waals surface area contributed by atoms with E-state index in [-0.39, 0.29) is 17.5 Å². The van der Waals surface area contributed by atoms with Gasteiger partial charge in [0, 0.05) is 9.79 Å². The molecule has 0 fully saturated rings. The number of nitrogens with zero attached hydrogens (tertiary/aromatic N) is 2. The number of rotatable bonds is 7. The highest BCUT2D eigenvalue weighted by Crippen LogP contribution is 2.33. The lowest BCUT2D eigenvalue weighted by atomic mass is 10.2. The van der Waals surface area contributed by atoms with Crippen molar-refractivity contribution < 1.29 is 9.18 Å². The first-order valence-corrected chi connectivity index (χ1v) is 12.3. The number of carbonyl (C=O) groups is 1. The number of hydrogen-bond donors (Lipinski definition) is 0. The Balaban J connectivity index is 1.60. The van der Waals surface area contributed by atoms with Gasteiger partial charge in [0.2, 0.25) is 5.91 Å². The SMILES string of the molecule is CSc1ccc2nc(N(Cc3ccccc3)C(=O)CSc3ccc(F)cc3)sc2c1. The Morgan fingerprint density at radius 1 is 1.03 bits per heavy atom. The molecule has 7 heteroatoms. The van der Waals surface area contributed by atoms with E-state index in [4.69, 9.17) is 4.98 Å². The maximum absolute atomic E-state index is 13.2. The second kappa shape index (κ2) is 9.64. The number of hydrogen-bond acceptors (Lipinski definition) is 5. The molecule has 4 rings (SSSR count). The zero-order valence-electron chi connectivity index (χ0n) is 16.2. The van der Waals surface area contributed by atoms with E-state index in [0.29, 0.717) is 11.7 Å². The first-order chi connectivity index (χ1) is 14.6. The summed E-state index contributed by atoms with van der Waals surface area (Å²) in [5.41, 5.74) is 1.94. The van der Waals surface area contributed by atoms with Gasteiger partial charge in [0.25, 0.3) is 0 Å². The minimum absolute atomic E-state index is 0.0303. The van der Waals surface area contributed by atoms with Crippen molar-refractivity contribution in [3.63, 3.8) is 0 Å². The van der Waals surface area contributed by atoms with Crippen LogP contribution in [0.25, 0.3) is 10.2 Å². The van der Waals surface area contributed by atoms with Crippen molar-refractivity contribution in [3.05, 3.63) is 84.2 Å². The minimum atomic E-state index is -0.282. The Morgan fingerprint density at radius 3 is 2.50 bits per heavy atom. The molecule has 0 N–H and O–H groups in total. The van der Waals surface area contributed by atoms with E-state index in [1.807, 2.05) is 48.7 Å². The van der Waals surface area contributed by atoms with Crippen LogP contribution in [0.3, 0.4) is 0 Å². The molecule has 152 valence electrons. The van der Waals surface area contributed by atoms with Crippen LogP contribution in [0.4, 0.5) is 9.52 Å². The van der Waals surface area contributed by atoms with Crippen molar-refractivity contribution >= 4 is 56.1 Å². The standard InChI is InChI=1S/C23H19FN2OS3/c1-28-19-11-12-20-21(13-19)30-23(25-20)26(14-16-5-3-2-4-6-16)22(27)15-29-18-9-7-17(24)8-10-18/h2-13H,14-15H2,1H3. The summed E-state index contributed by atoms with van der Waals surface area (Å²) in [4.78, 5) is 21.7. The van der Waals surface area contributed by atoms with Gasteiger partial charge < -0.3 is 0 Å². The Morgan fingerprint density at radius 2 is 1.77 bits per heavy atom. The topological polar surface area (TPSA) is 33.2 Å². The maximum atomic E-state index is 13.2. The second-order valence-electron chi connectivity index (χ2n) is 6.54. The summed E-state index contributed by atoms with van der Waals surface area (Å²) in [6.07, 6.45) is 2.04. The highest BCUT2D eigenvalue weighted by Gasteiger charge is 2.20. The van der Waals surface area contributed by atoms with Gasteiger partial charge in [0.05, 0.1) is 22.5 Å². The highest BCUT2D eigenvalue weighted by molar-refractivity contribution is 8.00. The zero-order chi connectivity index (χ0) is 20.9. The predicted octanol–water partition coefficient (Wildman–Crippen LogP) is 6.48. The number of thiazole rings is 1. The van der Waals surface area contributed by atoms with Crippen molar-refractivity contribution in [2.45, 2.75) is 16.3 Å². The van der Waals surface area contributed by atoms with Gasteiger partial charge in [-0.3, -0.25) is 9.69 Å². The van der Waals surface area contributed by atoms with Crippen molar-refractivity contribution in [3.8, 4) is 0 Å². The van der Waals surface area contributed by atoms with Crippen LogP contribution in [-0.4, -0.2) is 22.9 Å². The Kier molecular flexibility index (Phi) is 6.72. The van der Waals surface area contributed by atoms with Gasteiger partial charge in [-0.1, -0.05) is 41.7 Å². The van der Waals surface area contributed by atoms with Crippen LogP contribution in [0.1, 0.15) is 5.56 Å². The fraction of sp³-hybridized carbons (Fsp3) is 0.130. The quantitative estimate of drug-likeness (QED) is 0.299. The Hall–Kier alpha value is -2.35. The van der Waals surface area contributed by atoms with E-state index < -0.39 is 0 Å². The van der Waals surface area contributed by atoms with E-state index in [2.05, 4.69) is 6.07 Å². The number of anilines is 1. The summed E-state index contributed by atoms with van der Waals surface area (Å²) in [5, 5.41) is 0.691. The summed E-state index contributed by atoms with van der Waals surface area (Å²) >= 11 is 4.61. The summed E-state index contributed by atoms with van der Waals surface area (Å²) < 4.78 is 14.2. The van der Waals surface area contributed by atoms with E-state index in [1.54, 1.807) is 28.8 Å². The zero-order valence-corrected chi connectivity index (χ0v) is 18.7. The van der Waals surface area contributed by atoms with Crippen LogP contribution in [-0.2, 0) is 11.3 Å². The molecule has 0 spiro atoms. The van der Waals surface area contributed by atoms with Gasteiger partial charge in [-0.05, 0) is 54.3 Å². The third kappa shape index (κ3) is 5.03. The number of aromatic nitrogens is 1. The lowest BCUT2D eigenvalue weighted by Gasteiger charge is -2.20. The molecule has 0 unspecified atom stereocenters. The van der Waals surface area contributed by atoms with E-state index in [0.717, 1.165) is 20.7 Å². The Labute approximate surface area is 187 Å². The molecular formula is C23H19FN2OS3. The summed E-state index contributed by atoms with van der Waals surface area (Å²) in [7, 11) is 0. The third-order valence-corrected chi connectivity index (χ3v) is 7.24. The van der Waals surface area contributed by atoms with E-state index >= 15 is 0 Å². The van der Waals surface area contributed by atoms with Gasteiger partial charge in [-0.2, -0.15) is 0 Å². The molecule has 3 aromatic carbocycles. The number of carbonyl (C=O) groups excluding carboxylic acids is 1. The van der Waals surface area contributed by atoms with Crippen molar-refractivity contribution in [1.82, 2.24) is 4.98 Å². The lowest BCUT2D eigenvalue weighted by molar-refractivity contribution is -0.116. The van der Waals surface area contributed by atoms with Crippen LogP contribution in [0.5, 0.6) is 0 Å². The third-order valence-electron chi connectivity index (χ3n) is 4.48. The summed E-state index contributed by atoms with van der Waals surface area (Å²) in [5.74, 6) is -0.0578. The lowest BCUT2D eigenvalue weighted by Crippen LogP contribution is -2.31. The summed E-state index contributed by atoms with van der Waals surface area (Å²) in [6, 6.07) is 22.3. The molecule has 0 saturated carbocycles. The van der Waals surface area contributed by atoms with Crippen molar-refractivity contribution in [2.75, 3.05) is 16.9 Å². The first kappa shape index (κ1) is 20.9. The van der Waals surface area contributed by atoms with Crippen molar-refractivity contribution in [2.24, 2.45) is 0 Å². The van der Waals surface area contributed by atoms with Crippen molar-refractivity contribution in [1.29, 1.82) is 0 Å². The van der Waals surface area contributed by atoms with Crippen LogP contribution in [0.2, 0.25) is 0 Å². The van der Waals surface area contributed by atoms with Gasteiger partial charge in [0.15, 0.2) is 5.13 Å². The number of amides is 1. The fourth-order valence-corrected chi connectivity index (χ4v) is 5.23. The Bertz CT molecular complexity index is 1150. The van der Waals surface area contributed by atoms with Crippen LogP contribution >= 0.6 is 34.9 Å². The molecule has 30 heavy (non-hydrogen) atoms. The van der Waals surface area contributed by atoms with E-state index in [1.165, 1.54) is 40.1 Å². The number of thioether (sulfide) groups is 2. The molecule has 0 aliphatic heterocycles. The normalized spacial score (nSPS) is 11.0. The van der Waals surface area contributed by atoms with E-state index in [9.17, 15) is 9.18 Å². The molecule has 1 aromatic heterocycles. The molecule has 0 aliphatic carbocycles. The first-order valence-electron chi connectivity index (χ1n) is 9.29. The van der Waals surface area contributed by atoms with Gasteiger partial charge in [-0.25, -0.2) is 9.37 Å². The van der Waals surface area contributed by atoms with Crippen LogP contribution in [0.15, 0.2) is 82.6 Å². The summed E-state index contributed by atoms with van der Waals surface area (Å²) in [6.45, 7) is 0.457. The number of fused-ring (bicyclic) bond motifs is 1. The highest BCUT2D eigenvalue weighted by atomic mass is 32.2. The molecule has 1 heterocycles. The minimum Gasteiger partial charge on any atom is -0.283 e. The molecular weight excluding hydrogens is 435 g/mol. The van der Waals surface area contributed by atoms with Gasteiger partial charge in [0.1, 0.15) is 5.82 Å². The second-order valence-corrected chi connectivity index (χ2v) is 9.48. The molecule has 0 atom stereocenters. The molecule has 0 aliphatic rings. The molecule has 1 amide bonds. The molecule has 0 bridgehead atoms.